The molecule has 1 aliphatic heterocycles. The van der Waals surface area contributed by atoms with Crippen molar-refractivity contribution in [3.63, 3.8) is 0 Å². The summed E-state index contributed by atoms with van der Waals surface area (Å²) in [6, 6.07) is 11.9. The Labute approximate surface area is 182 Å². The highest BCUT2D eigenvalue weighted by atomic mass is 32.2. The van der Waals surface area contributed by atoms with E-state index in [-0.39, 0.29) is 18.2 Å². The number of nitrogens with one attached hydrogen (secondary N) is 1. The number of rotatable bonds is 6. The summed E-state index contributed by atoms with van der Waals surface area (Å²) in [6.45, 7) is 12.1. The van der Waals surface area contributed by atoms with Crippen LogP contribution in [0.2, 0.25) is 0 Å². The number of hydrogen-bond acceptors (Lipinski definition) is 4. The lowest BCUT2D eigenvalue weighted by molar-refractivity contribution is -0.127. The molecule has 1 atom stereocenters. The first-order valence-corrected chi connectivity index (χ1v) is 10.8. The Morgan fingerprint density at radius 2 is 1.83 bits per heavy atom. The number of aryl methyl sites for hydroxylation is 4. The van der Waals surface area contributed by atoms with Gasteiger partial charge in [0.2, 0.25) is 11.8 Å². The van der Waals surface area contributed by atoms with Crippen molar-refractivity contribution in [1.29, 1.82) is 0 Å². The smallest absolute Gasteiger partial charge is 0.242 e. The quantitative estimate of drug-likeness (QED) is 0.663. The van der Waals surface area contributed by atoms with Crippen LogP contribution < -0.4 is 5.32 Å². The average Bonchev–Trinajstić information content (AvgIpc) is 2.96. The number of amides is 2. The first-order chi connectivity index (χ1) is 14.3. The van der Waals surface area contributed by atoms with Crippen LogP contribution in [-0.2, 0) is 9.59 Å². The zero-order valence-electron chi connectivity index (χ0n) is 17.9. The fourth-order valence-electron chi connectivity index (χ4n) is 3.30. The van der Waals surface area contributed by atoms with Crippen LogP contribution in [0.3, 0.4) is 0 Å². The van der Waals surface area contributed by atoms with Gasteiger partial charge in [0.05, 0.1) is 5.69 Å². The number of aliphatic imine (C=N–C) groups is 1. The second kappa shape index (κ2) is 9.30. The van der Waals surface area contributed by atoms with Crippen molar-refractivity contribution < 1.29 is 9.59 Å². The Morgan fingerprint density at radius 3 is 2.53 bits per heavy atom. The maximum Gasteiger partial charge on any atom is 0.242 e. The van der Waals surface area contributed by atoms with E-state index < -0.39 is 5.25 Å². The molecule has 1 N–H and O–H groups in total. The Hall–Kier alpha value is -2.86. The molecule has 2 aromatic rings. The molecule has 2 amide bonds. The summed E-state index contributed by atoms with van der Waals surface area (Å²) in [5.41, 5.74) is 5.88. The molecule has 0 radical (unpaired) electrons. The van der Waals surface area contributed by atoms with Gasteiger partial charge in [0.1, 0.15) is 5.25 Å². The molecule has 3 rings (SSSR count). The summed E-state index contributed by atoms with van der Waals surface area (Å²) in [5, 5.41) is 3.05. The number of amidine groups is 1. The molecular weight excluding hydrogens is 394 g/mol. The predicted octanol–water partition coefficient (Wildman–Crippen LogP) is 5.07. The van der Waals surface area contributed by atoms with E-state index in [1.165, 1.54) is 11.8 Å². The van der Waals surface area contributed by atoms with Crippen molar-refractivity contribution in [2.45, 2.75) is 39.4 Å². The van der Waals surface area contributed by atoms with Gasteiger partial charge in [0.25, 0.3) is 0 Å². The van der Waals surface area contributed by atoms with Crippen LogP contribution in [0.5, 0.6) is 0 Å². The molecule has 0 bridgehead atoms. The Morgan fingerprint density at radius 1 is 1.13 bits per heavy atom. The van der Waals surface area contributed by atoms with Crippen molar-refractivity contribution in [2.24, 2.45) is 4.99 Å². The standard InChI is InChI=1S/C24H27N3O2S/c1-6-11-27-23(29)21(14-22(28)25-20-13-16(3)7-9-17(20)4)30-24(27)26-19-10-8-15(2)12-18(19)5/h6-10,12-13,21H,1,11,14H2,2-5H3,(H,25,28). The Kier molecular flexibility index (Phi) is 6.77. The van der Waals surface area contributed by atoms with Gasteiger partial charge in [-0.05, 0) is 56.5 Å². The highest BCUT2D eigenvalue weighted by Gasteiger charge is 2.38. The lowest BCUT2D eigenvalue weighted by atomic mass is 10.1. The van der Waals surface area contributed by atoms with Crippen LogP contribution in [0.15, 0.2) is 54.0 Å². The Balaban J connectivity index is 1.78. The number of hydrogen-bond donors (Lipinski definition) is 1. The summed E-state index contributed by atoms with van der Waals surface area (Å²) in [7, 11) is 0. The van der Waals surface area contributed by atoms with Crippen molar-refractivity contribution >= 4 is 40.1 Å². The predicted molar refractivity (Wildman–Crippen MR) is 125 cm³/mol. The van der Waals surface area contributed by atoms with Crippen LogP contribution in [0.25, 0.3) is 0 Å². The van der Waals surface area contributed by atoms with E-state index in [0.29, 0.717) is 11.7 Å². The zero-order valence-corrected chi connectivity index (χ0v) is 18.7. The van der Waals surface area contributed by atoms with E-state index in [2.05, 4.69) is 18.0 Å². The zero-order chi connectivity index (χ0) is 21.8. The first kappa shape index (κ1) is 21.8. The number of carbonyl (C=O) groups is 2. The summed E-state index contributed by atoms with van der Waals surface area (Å²) >= 11 is 1.34. The summed E-state index contributed by atoms with van der Waals surface area (Å²) in [6.07, 6.45) is 1.77. The summed E-state index contributed by atoms with van der Waals surface area (Å²) in [4.78, 5) is 31.9. The lowest BCUT2D eigenvalue weighted by Crippen LogP contribution is -2.33. The average molecular weight is 422 g/mol. The largest absolute Gasteiger partial charge is 0.326 e. The van der Waals surface area contributed by atoms with Gasteiger partial charge in [-0.1, -0.05) is 47.7 Å². The van der Waals surface area contributed by atoms with Gasteiger partial charge in [-0.15, -0.1) is 6.58 Å². The molecule has 1 heterocycles. The second-order valence-electron chi connectivity index (χ2n) is 7.60. The molecule has 0 saturated carbocycles. The first-order valence-electron chi connectivity index (χ1n) is 9.90. The third-order valence-electron chi connectivity index (χ3n) is 4.94. The van der Waals surface area contributed by atoms with Gasteiger partial charge in [-0.3, -0.25) is 14.5 Å². The molecular formula is C24H27N3O2S. The molecule has 2 aromatic carbocycles. The molecule has 1 unspecified atom stereocenters. The normalized spacial score (nSPS) is 17.5. The third-order valence-corrected chi connectivity index (χ3v) is 6.11. The number of anilines is 1. The van der Waals surface area contributed by atoms with Crippen molar-refractivity contribution in [2.75, 3.05) is 11.9 Å². The highest BCUT2D eigenvalue weighted by molar-refractivity contribution is 8.15. The van der Waals surface area contributed by atoms with Gasteiger partial charge in [0.15, 0.2) is 5.17 Å². The molecule has 5 nitrogen and oxygen atoms in total. The highest BCUT2D eigenvalue weighted by Crippen LogP contribution is 2.33. The number of carbonyl (C=O) groups excluding carboxylic acids is 2. The fourth-order valence-corrected chi connectivity index (χ4v) is 4.46. The minimum absolute atomic E-state index is 0.0937. The van der Waals surface area contributed by atoms with Gasteiger partial charge >= 0.3 is 0 Å². The van der Waals surface area contributed by atoms with Crippen LogP contribution in [0, 0.1) is 27.7 Å². The molecule has 0 aliphatic carbocycles. The molecule has 1 aliphatic rings. The maximum atomic E-state index is 12.9. The minimum Gasteiger partial charge on any atom is -0.326 e. The number of nitrogens with zero attached hydrogens (tertiary/aromatic N) is 2. The molecule has 1 saturated heterocycles. The molecule has 156 valence electrons. The number of benzene rings is 2. The lowest BCUT2D eigenvalue weighted by Gasteiger charge is -2.14. The van der Waals surface area contributed by atoms with Crippen molar-refractivity contribution in [1.82, 2.24) is 4.90 Å². The summed E-state index contributed by atoms with van der Waals surface area (Å²) < 4.78 is 0. The van der Waals surface area contributed by atoms with Crippen LogP contribution in [0.4, 0.5) is 11.4 Å². The summed E-state index contributed by atoms with van der Waals surface area (Å²) in [5.74, 6) is -0.291. The van der Waals surface area contributed by atoms with Gasteiger partial charge in [-0.2, -0.15) is 0 Å². The van der Waals surface area contributed by atoms with Crippen LogP contribution in [0.1, 0.15) is 28.7 Å². The maximum absolute atomic E-state index is 12.9. The SMILES string of the molecule is C=CCN1C(=O)C(CC(=O)Nc2cc(C)ccc2C)SC1=Nc1ccc(C)cc1C. The molecule has 0 spiro atoms. The van der Waals surface area contributed by atoms with Crippen LogP contribution >= 0.6 is 11.8 Å². The molecule has 1 fully saturated rings. The second-order valence-corrected chi connectivity index (χ2v) is 8.77. The van der Waals surface area contributed by atoms with Gasteiger partial charge in [-0.25, -0.2) is 4.99 Å². The fraction of sp³-hybridized carbons (Fsp3) is 0.292. The van der Waals surface area contributed by atoms with E-state index in [1.807, 2.05) is 58.0 Å². The van der Waals surface area contributed by atoms with E-state index in [4.69, 9.17) is 4.99 Å². The van der Waals surface area contributed by atoms with Crippen LogP contribution in [-0.4, -0.2) is 33.7 Å². The van der Waals surface area contributed by atoms with Gasteiger partial charge in [0, 0.05) is 18.7 Å². The van der Waals surface area contributed by atoms with Crippen molar-refractivity contribution in [3.8, 4) is 0 Å². The topological polar surface area (TPSA) is 61.8 Å². The number of thioether (sulfide) groups is 1. The third kappa shape index (κ3) is 5.00. The van der Waals surface area contributed by atoms with E-state index in [1.54, 1.807) is 11.0 Å². The molecule has 30 heavy (non-hydrogen) atoms. The van der Waals surface area contributed by atoms with E-state index >= 15 is 0 Å². The minimum atomic E-state index is -0.500. The van der Waals surface area contributed by atoms with E-state index in [0.717, 1.165) is 33.6 Å². The molecule has 0 aromatic heterocycles. The van der Waals surface area contributed by atoms with E-state index in [9.17, 15) is 9.59 Å². The van der Waals surface area contributed by atoms with Gasteiger partial charge < -0.3 is 5.32 Å². The van der Waals surface area contributed by atoms with Crippen molar-refractivity contribution in [3.05, 3.63) is 71.3 Å². The monoisotopic (exact) mass is 421 g/mol. The molecule has 6 heteroatoms. The Bertz CT molecular complexity index is 1030.